The van der Waals surface area contributed by atoms with E-state index in [0.29, 0.717) is 16.6 Å². The van der Waals surface area contributed by atoms with E-state index >= 15 is 0 Å². The van der Waals surface area contributed by atoms with Crippen molar-refractivity contribution in [1.82, 2.24) is 19.8 Å². The fraction of sp³-hybridized carbons (Fsp3) is 0.208. The van der Waals surface area contributed by atoms with Crippen molar-refractivity contribution in [2.75, 3.05) is 5.75 Å². The van der Waals surface area contributed by atoms with Crippen molar-refractivity contribution in [2.24, 2.45) is 17.1 Å². The summed E-state index contributed by atoms with van der Waals surface area (Å²) >= 11 is 1.55. The summed E-state index contributed by atoms with van der Waals surface area (Å²) in [6.07, 6.45) is 3.00. The van der Waals surface area contributed by atoms with Crippen LogP contribution in [0.2, 0.25) is 0 Å². The van der Waals surface area contributed by atoms with Crippen LogP contribution in [0.1, 0.15) is 23.7 Å². The van der Waals surface area contributed by atoms with Gasteiger partial charge in [-0.2, -0.15) is 5.10 Å². The van der Waals surface area contributed by atoms with Gasteiger partial charge in [0.1, 0.15) is 0 Å². The lowest BCUT2D eigenvalue weighted by Crippen LogP contribution is -2.25. The van der Waals surface area contributed by atoms with Crippen LogP contribution in [0, 0.1) is 6.92 Å². The fourth-order valence-corrected chi connectivity index (χ4v) is 4.81. The molecule has 0 saturated heterocycles. The van der Waals surface area contributed by atoms with Crippen LogP contribution in [0.15, 0.2) is 69.6 Å². The number of aliphatic imine (C=N–C) groups is 1. The molecule has 2 N–H and O–H groups in total. The van der Waals surface area contributed by atoms with Crippen molar-refractivity contribution >= 4 is 39.2 Å². The summed E-state index contributed by atoms with van der Waals surface area (Å²) in [5, 5.41) is 6.38. The molecule has 0 atom stereocenters. The summed E-state index contributed by atoms with van der Waals surface area (Å²) in [5.74, 6) is 0.675. The van der Waals surface area contributed by atoms with Crippen molar-refractivity contribution in [3.05, 3.63) is 81.9 Å². The lowest BCUT2D eigenvalue weighted by molar-refractivity contribution is 0.630. The molecule has 0 amide bonds. The van der Waals surface area contributed by atoms with Crippen LogP contribution in [0.5, 0.6) is 0 Å². The molecule has 32 heavy (non-hydrogen) atoms. The van der Waals surface area contributed by atoms with Gasteiger partial charge in [-0.25, -0.2) is 9.67 Å². The number of rotatable bonds is 4. The zero-order chi connectivity index (χ0) is 22.2. The number of thioether (sulfide) groups is 1. The highest BCUT2D eigenvalue weighted by atomic mass is 32.2. The first-order valence-corrected chi connectivity index (χ1v) is 11.5. The maximum atomic E-state index is 13.1. The maximum absolute atomic E-state index is 13.1. The standard InChI is InChI=1S/C24H24N6OS/c1-4-16-9-8-12-18-19(13-25-22(16)18)20-14-32-24(28-27-20)26-21-15(2)29(3)30(23(21)31)17-10-6-5-7-11-17/h5-13,25H,4,14H2,1-3H3,(H,26,28). The monoisotopic (exact) mass is 444 g/mol. The number of hydrogen-bond donors (Lipinski definition) is 2. The number of para-hydroxylation sites is 2. The quantitative estimate of drug-likeness (QED) is 0.494. The second-order valence-electron chi connectivity index (χ2n) is 7.68. The number of hydrazone groups is 1. The van der Waals surface area contributed by atoms with Crippen LogP contribution in [0.25, 0.3) is 16.6 Å². The number of nitrogens with zero attached hydrogens (tertiary/aromatic N) is 4. The maximum Gasteiger partial charge on any atom is 0.297 e. The number of hydrogen-bond acceptors (Lipinski definition) is 4. The molecule has 0 radical (unpaired) electrons. The Morgan fingerprint density at radius 2 is 1.97 bits per heavy atom. The van der Waals surface area contributed by atoms with E-state index in [1.54, 1.807) is 16.4 Å². The second-order valence-corrected chi connectivity index (χ2v) is 8.65. The molecule has 3 heterocycles. The molecule has 0 aliphatic carbocycles. The Morgan fingerprint density at radius 1 is 1.16 bits per heavy atom. The third-order valence-electron chi connectivity index (χ3n) is 5.86. The van der Waals surface area contributed by atoms with E-state index in [9.17, 15) is 4.79 Å². The first-order valence-electron chi connectivity index (χ1n) is 10.6. The number of aryl methyl sites for hydroxylation is 1. The summed E-state index contributed by atoms with van der Waals surface area (Å²) < 4.78 is 3.46. The van der Waals surface area contributed by atoms with Gasteiger partial charge in [-0.3, -0.25) is 14.9 Å². The van der Waals surface area contributed by atoms with Gasteiger partial charge in [-0.1, -0.05) is 55.1 Å². The minimum Gasteiger partial charge on any atom is -0.360 e. The van der Waals surface area contributed by atoms with Gasteiger partial charge < -0.3 is 4.98 Å². The minimum absolute atomic E-state index is 0.149. The molecule has 162 valence electrons. The summed E-state index contributed by atoms with van der Waals surface area (Å²) in [4.78, 5) is 21.1. The van der Waals surface area contributed by atoms with E-state index in [-0.39, 0.29) is 5.56 Å². The molecule has 8 heteroatoms. The number of fused-ring (bicyclic) bond motifs is 1. The largest absolute Gasteiger partial charge is 0.360 e. The molecule has 0 spiro atoms. The number of benzene rings is 2. The lowest BCUT2D eigenvalue weighted by Gasteiger charge is -2.14. The average Bonchev–Trinajstić information content (AvgIpc) is 3.35. The normalized spacial score (nSPS) is 15.2. The van der Waals surface area contributed by atoms with E-state index < -0.39 is 0 Å². The summed E-state index contributed by atoms with van der Waals surface area (Å²) in [7, 11) is 1.87. The number of nitrogens with one attached hydrogen (secondary N) is 2. The van der Waals surface area contributed by atoms with Crippen molar-refractivity contribution in [2.45, 2.75) is 20.3 Å². The third-order valence-corrected chi connectivity index (χ3v) is 6.74. The first-order chi connectivity index (χ1) is 15.6. The highest BCUT2D eigenvalue weighted by Crippen LogP contribution is 2.26. The Morgan fingerprint density at radius 3 is 2.69 bits per heavy atom. The summed E-state index contributed by atoms with van der Waals surface area (Å²) in [5.41, 5.74) is 9.44. The van der Waals surface area contributed by atoms with E-state index in [2.05, 4.69) is 45.6 Å². The molecule has 4 aromatic rings. The smallest absolute Gasteiger partial charge is 0.297 e. The van der Waals surface area contributed by atoms with Crippen LogP contribution < -0.4 is 11.0 Å². The predicted octanol–water partition coefficient (Wildman–Crippen LogP) is 4.26. The molecule has 0 saturated carbocycles. The van der Waals surface area contributed by atoms with Crippen molar-refractivity contribution in [3.63, 3.8) is 0 Å². The van der Waals surface area contributed by atoms with Crippen molar-refractivity contribution in [1.29, 1.82) is 0 Å². The van der Waals surface area contributed by atoms with Crippen LogP contribution in [-0.4, -0.2) is 31.0 Å². The van der Waals surface area contributed by atoms with Gasteiger partial charge in [0.05, 0.1) is 17.1 Å². The number of aromatic amines is 1. The molecular weight excluding hydrogens is 420 g/mol. The molecule has 1 aliphatic rings. The summed E-state index contributed by atoms with van der Waals surface area (Å²) in [6, 6.07) is 15.9. The van der Waals surface area contributed by atoms with Gasteiger partial charge in [0.25, 0.3) is 5.56 Å². The Kier molecular flexibility index (Phi) is 5.22. The zero-order valence-electron chi connectivity index (χ0n) is 18.2. The molecule has 0 fully saturated rings. The summed E-state index contributed by atoms with van der Waals surface area (Å²) in [6.45, 7) is 4.06. The van der Waals surface area contributed by atoms with E-state index in [1.165, 1.54) is 16.5 Å². The van der Waals surface area contributed by atoms with Gasteiger partial charge in [0.2, 0.25) is 0 Å². The molecule has 2 aromatic heterocycles. The van der Waals surface area contributed by atoms with Gasteiger partial charge in [0, 0.05) is 35.5 Å². The van der Waals surface area contributed by atoms with Crippen molar-refractivity contribution in [3.8, 4) is 5.69 Å². The molecular formula is C24H24N6OS. The van der Waals surface area contributed by atoms with Gasteiger partial charge in [-0.15, -0.1) is 0 Å². The first kappa shape index (κ1) is 20.4. The Hall–Kier alpha value is -3.52. The number of aromatic nitrogens is 3. The fourth-order valence-electron chi connectivity index (χ4n) is 4.05. The highest BCUT2D eigenvalue weighted by Gasteiger charge is 2.20. The van der Waals surface area contributed by atoms with Gasteiger partial charge in [0.15, 0.2) is 10.9 Å². The lowest BCUT2D eigenvalue weighted by atomic mass is 10.1. The highest BCUT2D eigenvalue weighted by molar-refractivity contribution is 8.14. The molecule has 0 bridgehead atoms. The van der Waals surface area contributed by atoms with Crippen LogP contribution in [0.3, 0.4) is 0 Å². The Balaban J connectivity index is 1.46. The average molecular weight is 445 g/mol. The van der Waals surface area contributed by atoms with Crippen LogP contribution in [0.4, 0.5) is 5.69 Å². The van der Waals surface area contributed by atoms with E-state index in [4.69, 9.17) is 0 Å². The van der Waals surface area contributed by atoms with Crippen molar-refractivity contribution < 1.29 is 0 Å². The molecule has 0 unspecified atom stereocenters. The minimum atomic E-state index is -0.149. The van der Waals surface area contributed by atoms with Gasteiger partial charge in [-0.05, 0) is 31.0 Å². The molecule has 5 rings (SSSR count). The number of amidine groups is 1. The molecule has 7 nitrogen and oxygen atoms in total. The SMILES string of the molecule is CCc1cccc2c(C3=NNC(=Nc4c(C)n(C)n(-c5ccccc5)c4=O)SC3)c[nH]c12. The molecule has 1 aliphatic heterocycles. The zero-order valence-corrected chi connectivity index (χ0v) is 19.0. The van der Waals surface area contributed by atoms with Crippen LogP contribution >= 0.6 is 11.8 Å². The van der Waals surface area contributed by atoms with E-state index in [1.807, 2.05) is 55.2 Å². The van der Waals surface area contributed by atoms with Gasteiger partial charge >= 0.3 is 0 Å². The third kappa shape index (κ3) is 3.36. The Bertz CT molecular complexity index is 1420. The predicted molar refractivity (Wildman–Crippen MR) is 133 cm³/mol. The Labute approximate surface area is 189 Å². The number of H-pyrrole nitrogens is 1. The van der Waals surface area contributed by atoms with E-state index in [0.717, 1.165) is 29.1 Å². The second kappa shape index (κ2) is 8.20. The topological polar surface area (TPSA) is 79.5 Å². The van der Waals surface area contributed by atoms with Crippen LogP contribution in [-0.2, 0) is 13.5 Å². The molecule has 2 aromatic carbocycles.